The molecular formula is C15H13BrN2O2. The summed E-state index contributed by atoms with van der Waals surface area (Å²) in [6, 6.07) is 14.1. The number of nitrogens with zero attached hydrogens (tertiary/aromatic N) is 2. The van der Waals surface area contributed by atoms with Gasteiger partial charge in [-0.05, 0) is 35.3 Å². The van der Waals surface area contributed by atoms with Gasteiger partial charge in [0.25, 0.3) is 0 Å². The Morgan fingerprint density at radius 3 is 2.40 bits per heavy atom. The lowest BCUT2D eigenvalue weighted by Gasteiger charge is -2.05. The van der Waals surface area contributed by atoms with E-state index in [0.717, 1.165) is 0 Å². The summed E-state index contributed by atoms with van der Waals surface area (Å²) >= 11 is 3.18. The van der Waals surface area contributed by atoms with Crippen molar-refractivity contribution in [3.63, 3.8) is 0 Å². The fourth-order valence-electron chi connectivity index (χ4n) is 1.49. The van der Waals surface area contributed by atoms with Crippen molar-refractivity contribution in [1.29, 1.82) is 0 Å². The van der Waals surface area contributed by atoms with E-state index in [1.54, 1.807) is 35.3 Å². The molecule has 0 fully saturated rings. The molecule has 0 aliphatic rings. The van der Waals surface area contributed by atoms with Gasteiger partial charge in [-0.2, -0.15) is 0 Å². The van der Waals surface area contributed by atoms with Crippen LogP contribution in [0.3, 0.4) is 0 Å². The average Bonchev–Trinajstić information content (AvgIpc) is 2.48. The van der Waals surface area contributed by atoms with E-state index in [1.807, 2.05) is 24.3 Å². The standard InChI is InChI=1S/C15H13BrN2O2/c16-10-5-11-20-15-9-4-2-7-13(15)18-17-12-6-1-3-8-14(12)19/h1-10,19H,11H2. The summed E-state index contributed by atoms with van der Waals surface area (Å²) in [5.74, 6) is 0.731. The van der Waals surface area contributed by atoms with Crippen LogP contribution in [-0.2, 0) is 0 Å². The van der Waals surface area contributed by atoms with Crippen LogP contribution in [0.1, 0.15) is 0 Å². The van der Waals surface area contributed by atoms with E-state index >= 15 is 0 Å². The number of rotatable bonds is 5. The van der Waals surface area contributed by atoms with Gasteiger partial charge >= 0.3 is 0 Å². The first-order valence-electron chi connectivity index (χ1n) is 5.98. The monoisotopic (exact) mass is 332 g/mol. The van der Waals surface area contributed by atoms with E-state index in [4.69, 9.17) is 4.74 Å². The van der Waals surface area contributed by atoms with Crippen molar-refractivity contribution in [1.82, 2.24) is 0 Å². The second kappa shape index (κ2) is 7.45. The Kier molecular flexibility index (Phi) is 5.32. The third kappa shape index (κ3) is 3.93. The number of phenolic OH excluding ortho intramolecular Hbond substituents is 1. The van der Waals surface area contributed by atoms with Gasteiger partial charge in [0.2, 0.25) is 0 Å². The molecule has 0 atom stereocenters. The maximum atomic E-state index is 9.63. The molecule has 2 rings (SSSR count). The van der Waals surface area contributed by atoms with Gasteiger partial charge in [0.1, 0.15) is 29.5 Å². The van der Waals surface area contributed by atoms with Crippen molar-refractivity contribution in [2.24, 2.45) is 10.2 Å². The molecule has 0 bridgehead atoms. The van der Waals surface area contributed by atoms with E-state index < -0.39 is 0 Å². The predicted molar refractivity (Wildman–Crippen MR) is 82.3 cm³/mol. The van der Waals surface area contributed by atoms with E-state index in [-0.39, 0.29) is 5.75 Å². The van der Waals surface area contributed by atoms with Crippen LogP contribution in [0.4, 0.5) is 11.4 Å². The first-order chi connectivity index (χ1) is 9.81. The summed E-state index contributed by atoms with van der Waals surface area (Å²) in [7, 11) is 0. The van der Waals surface area contributed by atoms with E-state index in [9.17, 15) is 5.11 Å². The number of benzene rings is 2. The fraction of sp³-hybridized carbons (Fsp3) is 0.0667. The minimum Gasteiger partial charge on any atom is -0.506 e. The number of hydrogen-bond acceptors (Lipinski definition) is 4. The first kappa shape index (κ1) is 14.3. The Morgan fingerprint density at radius 2 is 1.65 bits per heavy atom. The molecule has 0 spiro atoms. The van der Waals surface area contributed by atoms with Crippen molar-refractivity contribution in [2.75, 3.05) is 6.61 Å². The summed E-state index contributed by atoms with van der Waals surface area (Å²) < 4.78 is 5.56. The number of halogens is 1. The van der Waals surface area contributed by atoms with Gasteiger partial charge < -0.3 is 9.84 Å². The summed E-state index contributed by atoms with van der Waals surface area (Å²) in [6.45, 7) is 0.439. The summed E-state index contributed by atoms with van der Waals surface area (Å²) in [5, 5.41) is 17.8. The molecule has 0 radical (unpaired) electrons. The zero-order chi connectivity index (χ0) is 14.2. The predicted octanol–water partition coefficient (Wildman–Crippen LogP) is 5.10. The molecule has 2 aromatic rings. The minimum atomic E-state index is 0.0943. The van der Waals surface area contributed by atoms with Crippen molar-refractivity contribution in [3.8, 4) is 11.5 Å². The van der Waals surface area contributed by atoms with Crippen molar-refractivity contribution in [2.45, 2.75) is 0 Å². The smallest absolute Gasteiger partial charge is 0.147 e. The molecule has 0 aliphatic heterocycles. The Hall–Kier alpha value is -2.14. The molecule has 0 saturated carbocycles. The highest BCUT2D eigenvalue weighted by molar-refractivity contribution is 9.11. The Balaban J connectivity index is 2.18. The average molecular weight is 333 g/mol. The van der Waals surface area contributed by atoms with Gasteiger partial charge in [-0.15, -0.1) is 10.2 Å². The Morgan fingerprint density at radius 1 is 1.00 bits per heavy atom. The number of ether oxygens (including phenoxy) is 1. The second-order valence-electron chi connectivity index (χ2n) is 3.83. The van der Waals surface area contributed by atoms with Crippen molar-refractivity contribution < 1.29 is 9.84 Å². The summed E-state index contributed by atoms with van der Waals surface area (Å²) in [5.41, 5.74) is 1.03. The number of azo groups is 1. The first-order valence-corrected chi connectivity index (χ1v) is 6.89. The number of hydrogen-bond donors (Lipinski definition) is 1. The maximum Gasteiger partial charge on any atom is 0.147 e. The van der Waals surface area contributed by atoms with Gasteiger partial charge in [-0.1, -0.05) is 40.2 Å². The largest absolute Gasteiger partial charge is 0.506 e. The van der Waals surface area contributed by atoms with Crippen LogP contribution in [-0.4, -0.2) is 11.7 Å². The summed E-state index contributed by atoms with van der Waals surface area (Å²) in [6.07, 6.45) is 1.83. The molecule has 1 N–H and O–H groups in total. The molecule has 0 aliphatic carbocycles. The molecule has 0 amide bonds. The summed E-state index contributed by atoms with van der Waals surface area (Å²) in [4.78, 5) is 1.74. The molecule has 5 heteroatoms. The third-order valence-electron chi connectivity index (χ3n) is 2.44. The third-order valence-corrected chi connectivity index (χ3v) is 2.81. The molecule has 0 saturated heterocycles. The lowest BCUT2D eigenvalue weighted by molar-refractivity contribution is 0.364. The molecule has 20 heavy (non-hydrogen) atoms. The molecule has 4 nitrogen and oxygen atoms in total. The van der Waals surface area contributed by atoms with E-state index in [0.29, 0.717) is 23.7 Å². The molecule has 102 valence electrons. The minimum absolute atomic E-state index is 0.0943. The lowest BCUT2D eigenvalue weighted by atomic mass is 10.3. The van der Waals surface area contributed by atoms with E-state index in [2.05, 4.69) is 26.2 Å². The van der Waals surface area contributed by atoms with Crippen LogP contribution < -0.4 is 4.74 Å². The van der Waals surface area contributed by atoms with Gasteiger partial charge in [0, 0.05) is 0 Å². The van der Waals surface area contributed by atoms with Gasteiger partial charge in [0.05, 0.1) is 0 Å². The van der Waals surface area contributed by atoms with Gasteiger partial charge in [-0.25, -0.2) is 0 Å². The van der Waals surface area contributed by atoms with Crippen LogP contribution >= 0.6 is 15.9 Å². The van der Waals surface area contributed by atoms with Crippen LogP contribution in [0, 0.1) is 0 Å². The van der Waals surface area contributed by atoms with E-state index in [1.165, 1.54) is 0 Å². The Bertz CT molecular complexity index is 627. The quantitative estimate of drug-likeness (QED) is 0.775. The fourth-order valence-corrected chi connectivity index (χ4v) is 1.65. The van der Waals surface area contributed by atoms with Crippen LogP contribution in [0.25, 0.3) is 0 Å². The van der Waals surface area contributed by atoms with Gasteiger partial charge in [-0.3, -0.25) is 0 Å². The van der Waals surface area contributed by atoms with Gasteiger partial charge in [0.15, 0.2) is 0 Å². The number of phenols is 1. The highest BCUT2D eigenvalue weighted by Gasteiger charge is 2.02. The molecule has 2 aromatic carbocycles. The molecule has 0 aromatic heterocycles. The highest BCUT2D eigenvalue weighted by Crippen LogP contribution is 2.31. The SMILES string of the molecule is Oc1ccccc1N=Nc1ccccc1OCC=CBr. The molecular weight excluding hydrogens is 320 g/mol. The normalized spacial score (nSPS) is 11.2. The Labute approximate surface area is 125 Å². The number of aromatic hydroxyl groups is 1. The van der Waals surface area contributed by atoms with Crippen LogP contribution in [0.5, 0.6) is 11.5 Å². The lowest BCUT2D eigenvalue weighted by Crippen LogP contribution is -1.92. The van der Waals surface area contributed by atoms with Crippen LogP contribution in [0.15, 0.2) is 69.8 Å². The van der Waals surface area contributed by atoms with Crippen molar-refractivity contribution >= 4 is 27.3 Å². The van der Waals surface area contributed by atoms with Crippen molar-refractivity contribution in [3.05, 3.63) is 59.6 Å². The second-order valence-corrected chi connectivity index (χ2v) is 4.36. The topological polar surface area (TPSA) is 54.2 Å². The molecule has 0 heterocycles. The molecule has 0 unspecified atom stereocenters. The van der Waals surface area contributed by atoms with Crippen LogP contribution in [0.2, 0.25) is 0 Å². The zero-order valence-electron chi connectivity index (χ0n) is 10.6. The zero-order valence-corrected chi connectivity index (χ0v) is 12.2. The maximum absolute atomic E-state index is 9.63. The highest BCUT2D eigenvalue weighted by atomic mass is 79.9. The number of para-hydroxylation sites is 2.